The van der Waals surface area contributed by atoms with Gasteiger partial charge in [0.2, 0.25) is 0 Å². The Bertz CT molecular complexity index is 195. The van der Waals surface area contributed by atoms with E-state index in [2.05, 4.69) is 6.08 Å². The molecule has 2 atom stereocenters. The van der Waals surface area contributed by atoms with Crippen LogP contribution in [0.15, 0.2) is 24.0 Å². The Morgan fingerprint density at radius 3 is 3.30 bits per heavy atom. The molecule has 1 heterocycles. The Labute approximate surface area is 60.4 Å². The summed E-state index contributed by atoms with van der Waals surface area (Å²) in [5.74, 6) is 1.65. The van der Waals surface area contributed by atoms with Gasteiger partial charge in [0.15, 0.2) is 0 Å². The van der Waals surface area contributed by atoms with Crippen LogP contribution in [0.4, 0.5) is 0 Å². The maximum Gasteiger partial charge on any atom is 0.147 e. The van der Waals surface area contributed by atoms with Crippen molar-refractivity contribution in [3.63, 3.8) is 0 Å². The predicted molar refractivity (Wildman–Crippen MR) is 39.0 cm³/mol. The van der Waals surface area contributed by atoms with Gasteiger partial charge in [0, 0.05) is 12.3 Å². The van der Waals surface area contributed by atoms with Gasteiger partial charge in [-0.15, -0.1) is 0 Å². The highest BCUT2D eigenvalue weighted by molar-refractivity contribution is 5.18. The summed E-state index contributed by atoms with van der Waals surface area (Å²) in [5, 5.41) is 0. The van der Waals surface area contributed by atoms with Gasteiger partial charge in [0.1, 0.15) is 12.0 Å². The van der Waals surface area contributed by atoms with Crippen molar-refractivity contribution < 1.29 is 4.74 Å². The number of nitrogens with two attached hydrogens (primary N) is 1. The Hall–Kier alpha value is -0.760. The Morgan fingerprint density at radius 1 is 1.60 bits per heavy atom. The smallest absolute Gasteiger partial charge is 0.147 e. The Morgan fingerprint density at radius 2 is 2.50 bits per heavy atom. The third-order valence-corrected chi connectivity index (χ3v) is 2.02. The first-order valence-corrected chi connectivity index (χ1v) is 3.65. The summed E-state index contributed by atoms with van der Waals surface area (Å²) in [6.07, 6.45) is 8.23. The largest absolute Gasteiger partial charge is 0.480 e. The second-order valence-electron chi connectivity index (χ2n) is 2.82. The fraction of sp³-hybridized carbons (Fsp3) is 0.500. The van der Waals surface area contributed by atoms with Crippen LogP contribution >= 0.6 is 0 Å². The van der Waals surface area contributed by atoms with E-state index in [0.29, 0.717) is 5.92 Å². The summed E-state index contributed by atoms with van der Waals surface area (Å²) in [7, 11) is 0. The first-order chi connectivity index (χ1) is 4.86. The van der Waals surface area contributed by atoms with E-state index in [1.165, 1.54) is 0 Å². The number of ether oxygens (including phenoxy) is 1. The summed E-state index contributed by atoms with van der Waals surface area (Å²) in [6.45, 7) is 0. The molecule has 2 nitrogen and oxygen atoms in total. The molecule has 0 saturated carbocycles. The molecule has 54 valence electrons. The van der Waals surface area contributed by atoms with Gasteiger partial charge in [-0.25, -0.2) is 0 Å². The van der Waals surface area contributed by atoms with E-state index >= 15 is 0 Å². The summed E-state index contributed by atoms with van der Waals surface area (Å²) >= 11 is 0. The average Bonchev–Trinajstić information content (AvgIpc) is 2.27. The van der Waals surface area contributed by atoms with E-state index in [0.717, 1.165) is 18.6 Å². The highest BCUT2D eigenvalue weighted by Gasteiger charge is 2.28. The minimum Gasteiger partial charge on any atom is -0.480 e. The molecule has 2 aliphatic rings. The molecule has 2 heteroatoms. The summed E-state index contributed by atoms with van der Waals surface area (Å²) in [6, 6.07) is 0. The molecular formula is C8H11NO. The van der Waals surface area contributed by atoms with E-state index in [4.69, 9.17) is 10.5 Å². The molecule has 0 spiro atoms. The Balaban J connectivity index is 2.18. The normalized spacial score (nSPS) is 36.7. The lowest BCUT2D eigenvalue weighted by Gasteiger charge is -2.08. The van der Waals surface area contributed by atoms with Crippen molar-refractivity contribution in [3.8, 4) is 0 Å². The fourth-order valence-corrected chi connectivity index (χ4v) is 1.51. The van der Waals surface area contributed by atoms with Gasteiger partial charge in [-0.2, -0.15) is 0 Å². The molecule has 0 radical (unpaired) electrons. The van der Waals surface area contributed by atoms with Crippen molar-refractivity contribution in [1.29, 1.82) is 0 Å². The molecule has 0 aromatic heterocycles. The van der Waals surface area contributed by atoms with Gasteiger partial charge in [-0.3, -0.25) is 5.73 Å². The average molecular weight is 137 g/mol. The lowest BCUT2D eigenvalue weighted by molar-refractivity contribution is 0.166. The highest BCUT2D eigenvalue weighted by Crippen LogP contribution is 2.32. The molecule has 1 aliphatic heterocycles. The van der Waals surface area contributed by atoms with E-state index in [9.17, 15) is 0 Å². The minimum absolute atomic E-state index is 0.0591. The van der Waals surface area contributed by atoms with Crippen LogP contribution in [0.2, 0.25) is 0 Å². The molecule has 2 N–H and O–H groups in total. The number of hydrogen-bond donors (Lipinski definition) is 1. The van der Waals surface area contributed by atoms with Crippen molar-refractivity contribution in [2.45, 2.75) is 19.1 Å². The van der Waals surface area contributed by atoms with Crippen molar-refractivity contribution in [2.75, 3.05) is 0 Å². The van der Waals surface area contributed by atoms with Crippen LogP contribution in [0, 0.1) is 5.92 Å². The van der Waals surface area contributed by atoms with Crippen LogP contribution in [-0.4, -0.2) is 6.23 Å². The van der Waals surface area contributed by atoms with E-state index in [1.54, 1.807) is 0 Å². The molecule has 2 unspecified atom stereocenters. The maximum absolute atomic E-state index is 5.60. The molecule has 10 heavy (non-hydrogen) atoms. The van der Waals surface area contributed by atoms with Gasteiger partial charge in [0.25, 0.3) is 0 Å². The van der Waals surface area contributed by atoms with Gasteiger partial charge in [-0.05, 0) is 12.5 Å². The van der Waals surface area contributed by atoms with Crippen LogP contribution < -0.4 is 5.73 Å². The molecular weight excluding hydrogens is 126 g/mol. The fourth-order valence-electron chi connectivity index (χ4n) is 1.51. The van der Waals surface area contributed by atoms with Crippen molar-refractivity contribution >= 4 is 0 Å². The number of allylic oxidation sites excluding steroid dienone is 4. The summed E-state index contributed by atoms with van der Waals surface area (Å²) < 4.78 is 5.35. The molecule has 0 bridgehead atoms. The number of fused-ring (bicyclic) bond motifs is 1. The van der Waals surface area contributed by atoms with E-state index < -0.39 is 0 Å². The van der Waals surface area contributed by atoms with Crippen molar-refractivity contribution in [3.05, 3.63) is 24.0 Å². The first kappa shape index (κ1) is 5.98. The third kappa shape index (κ3) is 0.847. The lowest BCUT2D eigenvalue weighted by atomic mass is 9.97. The standard InChI is InChI=1S/C8H11NO/c9-8-5-6-3-1-2-4-7(6)10-8/h1-2,4,6,8H,3,5,9H2. The molecule has 1 saturated heterocycles. The zero-order valence-electron chi connectivity index (χ0n) is 5.79. The molecule has 2 rings (SSSR count). The second kappa shape index (κ2) is 2.13. The second-order valence-corrected chi connectivity index (χ2v) is 2.82. The van der Waals surface area contributed by atoms with Gasteiger partial charge >= 0.3 is 0 Å². The van der Waals surface area contributed by atoms with Crippen LogP contribution in [0.1, 0.15) is 12.8 Å². The SMILES string of the molecule is NC1CC2CC=CC=C2O1. The van der Waals surface area contributed by atoms with E-state index in [-0.39, 0.29) is 6.23 Å². The van der Waals surface area contributed by atoms with Gasteiger partial charge in [0.05, 0.1) is 0 Å². The zero-order valence-corrected chi connectivity index (χ0v) is 5.79. The first-order valence-electron chi connectivity index (χ1n) is 3.65. The topological polar surface area (TPSA) is 35.2 Å². The number of rotatable bonds is 0. The molecule has 0 aromatic rings. The monoisotopic (exact) mass is 137 g/mol. The zero-order chi connectivity index (χ0) is 6.97. The quantitative estimate of drug-likeness (QED) is 0.543. The van der Waals surface area contributed by atoms with Crippen LogP contribution in [0.3, 0.4) is 0 Å². The van der Waals surface area contributed by atoms with Crippen LogP contribution in [0.5, 0.6) is 0 Å². The molecule has 1 fully saturated rings. The predicted octanol–water partition coefficient (Wildman–Crippen LogP) is 1.15. The molecule has 0 aromatic carbocycles. The van der Waals surface area contributed by atoms with Crippen molar-refractivity contribution in [1.82, 2.24) is 0 Å². The van der Waals surface area contributed by atoms with Crippen molar-refractivity contribution in [2.24, 2.45) is 11.7 Å². The minimum atomic E-state index is -0.0591. The van der Waals surface area contributed by atoms with Crippen LogP contribution in [-0.2, 0) is 4.74 Å². The van der Waals surface area contributed by atoms with Crippen LogP contribution in [0.25, 0.3) is 0 Å². The maximum atomic E-state index is 5.60. The van der Waals surface area contributed by atoms with Gasteiger partial charge in [-0.1, -0.05) is 12.2 Å². The van der Waals surface area contributed by atoms with Gasteiger partial charge < -0.3 is 4.74 Å². The lowest BCUT2D eigenvalue weighted by Crippen LogP contribution is -2.16. The molecule has 0 amide bonds. The summed E-state index contributed by atoms with van der Waals surface area (Å²) in [4.78, 5) is 0. The Kier molecular flexibility index (Phi) is 1.27. The molecule has 1 aliphatic carbocycles. The number of hydrogen-bond acceptors (Lipinski definition) is 2. The third-order valence-electron chi connectivity index (χ3n) is 2.02. The highest BCUT2D eigenvalue weighted by atomic mass is 16.5. The summed E-state index contributed by atoms with van der Waals surface area (Å²) in [5.41, 5.74) is 5.60. The van der Waals surface area contributed by atoms with E-state index in [1.807, 2.05) is 12.2 Å².